The van der Waals surface area contributed by atoms with Gasteiger partial charge in [-0.05, 0) is 18.9 Å². The van der Waals surface area contributed by atoms with Crippen molar-refractivity contribution in [3.8, 4) is 0 Å². The smallest absolute Gasteiger partial charge is 0.261 e. The van der Waals surface area contributed by atoms with E-state index >= 15 is 0 Å². The first kappa shape index (κ1) is 14.2. The highest BCUT2D eigenvalue weighted by atomic mass is 32.1. The summed E-state index contributed by atoms with van der Waals surface area (Å²) < 4.78 is 4.23. The van der Waals surface area contributed by atoms with Crippen LogP contribution in [0.15, 0.2) is 23.8 Å². The van der Waals surface area contributed by atoms with Crippen LogP contribution in [-0.4, -0.2) is 24.8 Å². The lowest BCUT2D eigenvalue weighted by molar-refractivity contribution is 0.0954. The molecule has 0 spiro atoms. The molecular formula is C16H15N5OS2. The largest absolute Gasteiger partial charge is 0.346 e. The van der Waals surface area contributed by atoms with E-state index in [0.29, 0.717) is 11.4 Å². The predicted molar refractivity (Wildman–Crippen MR) is 94.8 cm³/mol. The number of amides is 1. The van der Waals surface area contributed by atoms with Gasteiger partial charge in [0.15, 0.2) is 4.96 Å². The second-order valence-electron chi connectivity index (χ2n) is 5.95. The van der Waals surface area contributed by atoms with Gasteiger partial charge in [-0.2, -0.15) is 0 Å². The average molecular weight is 357 g/mol. The SMILES string of the molecule is O=C(NCc1cn2c(n1)CCCC2)c1cc2c(nc3sccn32)s1. The fourth-order valence-corrected chi connectivity index (χ4v) is 4.89. The van der Waals surface area contributed by atoms with Crippen LogP contribution in [0, 0.1) is 0 Å². The molecule has 1 aliphatic rings. The van der Waals surface area contributed by atoms with E-state index in [9.17, 15) is 4.79 Å². The molecule has 0 bridgehead atoms. The number of thiazole rings is 1. The normalized spacial score (nSPS) is 14.3. The van der Waals surface area contributed by atoms with Gasteiger partial charge in [-0.25, -0.2) is 9.97 Å². The molecule has 1 aliphatic heterocycles. The van der Waals surface area contributed by atoms with Crippen LogP contribution in [0.4, 0.5) is 0 Å². The topological polar surface area (TPSA) is 64.2 Å². The Labute approximate surface area is 145 Å². The van der Waals surface area contributed by atoms with Crippen molar-refractivity contribution in [3.63, 3.8) is 0 Å². The number of nitrogens with zero attached hydrogens (tertiary/aromatic N) is 4. The van der Waals surface area contributed by atoms with Crippen molar-refractivity contribution in [1.82, 2.24) is 24.3 Å². The van der Waals surface area contributed by atoms with Gasteiger partial charge < -0.3 is 9.88 Å². The maximum absolute atomic E-state index is 12.4. The number of carbonyl (C=O) groups is 1. The highest BCUT2D eigenvalue weighted by molar-refractivity contribution is 7.21. The van der Waals surface area contributed by atoms with Gasteiger partial charge in [0.1, 0.15) is 10.7 Å². The van der Waals surface area contributed by atoms with Crippen LogP contribution in [0.1, 0.15) is 34.0 Å². The van der Waals surface area contributed by atoms with E-state index in [1.54, 1.807) is 11.3 Å². The number of imidazole rings is 2. The number of fused-ring (bicyclic) bond motifs is 4. The van der Waals surface area contributed by atoms with Crippen molar-refractivity contribution in [2.24, 2.45) is 0 Å². The van der Waals surface area contributed by atoms with Crippen molar-refractivity contribution in [2.45, 2.75) is 32.4 Å². The standard InChI is InChI=1S/C16H15N5OS2/c22-14(17-8-10-9-20-4-2-1-3-13(20)18-10)12-7-11-15(24-12)19-16-21(11)5-6-23-16/h5-7,9H,1-4,8H2,(H,17,22). The second kappa shape index (κ2) is 5.42. The minimum atomic E-state index is -0.0621. The van der Waals surface area contributed by atoms with E-state index in [1.165, 1.54) is 24.2 Å². The number of hydrogen-bond acceptors (Lipinski definition) is 5. The molecule has 4 aromatic heterocycles. The number of rotatable bonds is 3. The lowest BCUT2D eigenvalue weighted by Gasteiger charge is -2.11. The van der Waals surface area contributed by atoms with Gasteiger partial charge in [0.05, 0.1) is 22.6 Å². The van der Waals surface area contributed by atoms with Crippen molar-refractivity contribution in [1.29, 1.82) is 0 Å². The summed E-state index contributed by atoms with van der Waals surface area (Å²) in [4.78, 5) is 24.2. The molecule has 0 aromatic carbocycles. The molecule has 0 aliphatic carbocycles. The average Bonchev–Trinajstić information content (AvgIpc) is 3.31. The second-order valence-corrected chi connectivity index (χ2v) is 7.85. The first-order chi connectivity index (χ1) is 11.8. The minimum absolute atomic E-state index is 0.0621. The Hall–Kier alpha value is -2.19. The van der Waals surface area contributed by atoms with E-state index in [-0.39, 0.29) is 5.91 Å². The Kier molecular flexibility index (Phi) is 3.20. The van der Waals surface area contributed by atoms with Gasteiger partial charge in [0, 0.05) is 30.7 Å². The van der Waals surface area contributed by atoms with Crippen LogP contribution >= 0.6 is 22.7 Å². The molecule has 6 nitrogen and oxygen atoms in total. The summed E-state index contributed by atoms with van der Waals surface area (Å²) in [6.07, 6.45) is 7.50. The monoisotopic (exact) mass is 357 g/mol. The zero-order valence-corrected chi connectivity index (χ0v) is 14.5. The zero-order valence-electron chi connectivity index (χ0n) is 12.9. The third-order valence-electron chi connectivity index (χ3n) is 4.35. The summed E-state index contributed by atoms with van der Waals surface area (Å²) in [7, 11) is 0. The third kappa shape index (κ3) is 2.25. The van der Waals surface area contributed by atoms with Gasteiger partial charge in [0.2, 0.25) is 0 Å². The lowest BCUT2D eigenvalue weighted by atomic mass is 10.2. The molecular weight excluding hydrogens is 342 g/mol. The third-order valence-corrected chi connectivity index (χ3v) is 6.13. The Morgan fingerprint density at radius 3 is 3.21 bits per heavy atom. The summed E-state index contributed by atoms with van der Waals surface area (Å²) in [5, 5.41) is 4.98. The molecule has 5 rings (SSSR count). The number of hydrogen-bond donors (Lipinski definition) is 1. The predicted octanol–water partition coefficient (Wildman–Crippen LogP) is 3.07. The summed E-state index contributed by atoms with van der Waals surface area (Å²) >= 11 is 3.04. The fourth-order valence-electron chi connectivity index (χ4n) is 3.17. The van der Waals surface area contributed by atoms with Crippen LogP contribution < -0.4 is 5.32 Å². The summed E-state index contributed by atoms with van der Waals surface area (Å²) in [6.45, 7) is 1.50. The molecule has 8 heteroatoms. The van der Waals surface area contributed by atoms with E-state index < -0.39 is 0 Å². The number of carbonyl (C=O) groups excluding carboxylic acids is 1. The molecule has 4 aromatic rings. The highest BCUT2D eigenvalue weighted by Crippen LogP contribution is 2.28. The lowest BCUT2D eigenvalue weighted by Crippen LogP contribution is -2.22. The van der Waals surface area contributed by atoms with Crippen LogP contribution in [0.3, 0.4) is 0 Å². The molecule has 0 atom stereocenters. The summed E-state index contributed by atoms with van der Waals surface area (Å²) in [6, 6.07) is 1.92. The molecule has 1 amide bonds. The highest BCUT2D eigenvalue weighted by Gasteiger charge is 2.16. The zero-order chi connectivity index (χ0) is 16.1. The van der Waals surface area contributed by atoms with Crippen LogP contribution in [0.5, 0.6) is 0 Å². The molecule has 0 saturated carbocycles. The Balaban J connectivity index is 1.34. The van der Waals surface area contributed by atoms with Crippen molar-refractivity contribution in [2.75, 3.05) is 0 Å². The van der Waals surface area contributed by atoms with Gasteiger partial charge >= 0.3 is 0 Å². The van der Waals surface area contributed by atoms with Gasteiger partial charge in [0.25, 0.3) is 5.91 Å². The van der Waals surface area contributed by atoms with Gasteiger partial charge in [-0.3, -0.25) is 9.20 Å². The minimum Gasteiger partial charge on any atom is -0.346 e. The van der Waals surface area contributed by atoms with Crippen LogP contribution in [0.2, 0.25) is 0 Å². The van der Waals surface area contributed by atoms with E-state index in [0.717, 1.165) is 39.8 Å². The maximum Gasteiger partial charge on any atom is 0.261 e. The first-order valence-electron chi connectivity index (χ1n) is 7.96. The fraction of sp³-hybridized carbons (Fsp3) is 0.312. The van der Waals surface area contributed by atoms with E-state index in [4.69, 9.17) is 0 Å². The Morgan fingerprint density at radius 2 is 2.29 bits per heavy atom. The van der Waals surface area contributed by atoms with E-state index in [2.05, 4.69) is 26.0 Å². The molecule has 24 heavy (non-hydrogen) atoms. The molecule has 0 fully saturated rings. The molecule has 122 valence electrons. The number of thiophene rings is 1. The maximum atomic E-state index is 12.4. The summed E-state index contributed by atoms with van der Waals surface area (Å²) in [5.41, 5.74) is 1.93. The molecule has 0 saturated heterocycles. The van der Waals surface area contributed by atoms with Crippen molar-refractivity contribution >= 4 is 43.9 Å². The Morgan fingerprint density at radius 1 is 1.33 bits per heavy atom. The van der Waals surface area contributed by atoms with Crippen molar-refractivity contribution < 1.29 is 4.79 Å². The van der Waals surface area contributed by atoms with E-state index in [1.807, 2.05) is 22.0 Å². The molecule has 0 radical (unpaired) electrons. The number of aryl methyl sites for hydroxylation is 2. The number of aromatic nitrogens is 4. The Bertz CT molecular complexity index is 1030. The quantitative estimate of drug-likeness (QED) is 0.613. The van der Waals surface area contributed by atoms with Crippen molar-refractivity contribution in [3.05, 3.63) is 40.2 Å². The summed E-state index contributed by atoms with van der Waals surface area (Å²) in [5.74, 6) is 1.08. The molecule has 1 N–H and O–H groups in total. The van der Waals surface area contributed by atoms with Crippen LogP contribution in [0.25, 0.3) is 15.3 Å². The van der Waals surface area contributed by atoms with Crippen LogP contribution in [-0.2, 0) is 19.5 Å². The molecule has 0 unspecified atom stereocenters. The van der Waals surface area contributed by atoms with Gasteiger partial charge in [-0.1, -0.05) is 0 Å². The molecule has 5 heterocycles. The van der Waals surface area contributed by atoms with Gasteiger partial charge in [-0.15, -0.1) is 22.7 Å². The first-order valence-corrected chi connectivity index (χ1v) is 9.66. The number of nitrogens with one attached hydrogen (secondary N) is 1.